The van der Waals surface area contributed by atoms with Gasteiger partial charge in [0.1, 0.15) is 21.5 Å². The summed E-state index contributed by atoms with van der Waals surface area (Å²) in [5, 5.41) is 2.03. The van der Waals surface area contributed by atoms with E-state index in [0.29, 0.717) is 5.45 Å². The second-order valence-electron chi connectivity index (χ2n) is 2.90. The molecule has 0 fully saturated rings. The summed E-state index contributed by atoms with van der Waals surface area (Å²) in [5.41, 5.74) is 1.63. The zero-order chi connectivity index (χ0) is 9.42. The molecule has 2 rings (SSSR count). The topological polar surface area (TPSA) is 29.0 Å². The van der Waals surface area contributed by atoms with Gasteiger partial charge in [-0.15, -0.1) is 11.3 Å². The van der Waals surface area contributed by atoms with Gasteiger partial charge in [0.2, 0.25) is 0 Å². The molecule has 2 aromatic rings. The number of rotatable bonds is 1. The Balaban J connectivity index is 2.77. The highest BCUT2D eigenvalue weighted by molar-refractivity contribution is 7.17. The highest BCUT2D eigenvalue weighted by Crippen LogP contribution is 2.25. The number of anilines is 1. The second kappa shape index (κ2) is 3.08. The summed E-state index contributed by atoms with van der Waals surface area (Å²) in [6.07, 6.45) is 0. The summed E-state index contributed by atoms with van der Waals surface area (Å²) in [4.78, 5) is 10.6. The van der Waals surface area contributed by atoms with Crippen LogP contribution in [0.5, 0.6) is 0 Å². The van der Waals surface area contributed by atoms with Crippen molar-refractivity contribution in [1.82, 2.24) is 9.97 Å². The van der Waals surface area contributed by atoms with Crippen molar-refractivity contribution < 1.29 is 0 Å². The first-order valence-electron chi connectivity index (χ1n) is 3.82. The SMILES string of the molecule is CN(C)c1nc([Si])nc2ccsc12. The Morgan fingerprint density at radius 2 is 2.15 bits per heavy atom. The van der Waals surface area contributed by atoms with Gasteiger partial charge in [0.05, 0.1) is 10.2 Å². The van der Waals surface area contributed by atoms with E-state index in [0.717, 1.165) is 16.0 Å². The van der Waals surface area contributed by atoms with Crippen molar-refractivity contribution in [3.05, 3.63) is 11.4 Å². The van der Waals surface area contributed by atoms with Gasteiger partial charge in [0, 0.05) is 14.1 Å². The summed E-state index contributed by atoms with van der Waals surface area (Å²) >= 11 is 1.66. The predicted molar refractivity (Wildman–Crippen MR) is 57.1 cm³/mol. The van der Waals surface area contributed by atoms with E-state index in [1.807, 2.05) is 30.4 Å². The Bertz CT molecular complexity index is 438. The Kier molecular flexibility index (Phi) is 2.05. The highest BCUT2D eigenvalue weighted by Gasteiger charge is 2.07. The van der Waals surface area contributed by atoms with E-state index in [4.69, 9.17) is 0 Å². The van der Waals surface area contributed by atoms with Gasteiger partial charge in [-0.3, -0.25) is 0 Å². The molecule has 0 spiro atoms. The second-order valence-corrected chi connectivity index (χ2v) is 4.26. The molecule has 0 atom stereocenters. The molecule has 65 valence electrons. The first-order chi connectivity index (χ1) is 6.18. The zero-order valence-corrected chi connectivity index (χ0v) is 9.22. The van der Waals surface area contributed by atoms with Crippen LogP contribution in [-0.4, -0.2) is 34.3 Å². The first kappa shape index (κ1) is 8.65. The lowest BCUT2D eigenvalue weighted by molar-refractivity contribution is 1.08. The zero-order valence-electron chi connectivity index (χ0n) is 7.40. The van der Waals surface area contributed by atoms with Crippen molar-refractivity contribution in [3.8, 4) is 0 Å². The van der Waals surface area contributed by atoms with Crippen LogP contribution in [0.25, 0.3) is 10.2 Å². The number of hydrogen-bond donors (Lipinski definition) is 0. The maximum absolute atomic E-state index is 4.31. The van der Waals surface area contributed by atoms with E-state index >= 15 is 0 Å². The number of thiophene rings is 1. The predicted octanol–water partition coefficient (Wildman–Crippen LogP) is 0.551. The van der Waals surface area contributed by atoms with Gasteiger partial charge >= 0.3 is 0 Å². The van der Waals surface area contributed by atoms with Gasteiger partial charge in [-0.2, -0.15) is 0 Å². The van der Waals surface area contributed by atoms with Gasteiger partial charge in [0.15, 0.2) is 0 Å². The van der Waals surface area contributed by atoms with Crippen LogP contribution < -0.4 is 10.3 Å². The molecular weight excluding hydrogens is 198 g/mol. The Labute approximate surface area is 83.9 Å². The molecule has 13 heavy (non-hydrogen) atoms. The minimum atomic E-state index is 0.634. The van der Waals surface area contributed by atoms with E-state index < -0.39 is 0 Å². The molecule has 0 aliphatic rings. The summed E-state index contributed by atoms with van der Waals surface area (Å²) < 4.78 is 1.13. The fraction of sp³-hybridized carbons (Fsp3) is 0.250. The quantitative estimate of drug-likeness (QED) is 0.638. The molecule has 0 aliphatic carbocycles. The molecule has 0 N–H and O–H groups in total. The molecule has 0 bridgehead atoms. The van der Waals surface area contributed by atoms with E-state index in [-0.39, 0.29) is 0 Å². The van der Waals surface area contributed by atoms with E-state index in [1.165, 1.54) is 0 Å². The Morgan fingerprint density at radius 1 is 1.38 bits per heavy atom. The average Bonchev–Trinajstić information content (AvgIpc) is 2.49. The van der Waals surface area contributed by atoms with Gasteiger partial charge in [-0.25, -0.2) is 9.97 Å². The fourth-order valence-corrected chi connectivity index (χ4v) is 2.28. The van der Waals surface area contributed by atoms with Gasteiger partial charge in [-0.1, -0.05) is 0 Å². The molecule has 0 saturated carbocycles. The summed E-state index contributed by atoms with van der Waals surface area (Å²) in [6.45, 7) is 0. The Hall–Kier alpha value is -0.943. The van der Waals surface area contributed by atoms with Gasteiger partial charge < -0.3 is 4.90 Å². The van der Waals surface area contributed by atoms with Crippen molar-refractivity contribution in [2.24, 2.45) is 0 Å². The molecule has 0 saturated heterocycles. The molecule has 0 unspecified atom stereocenters. The molecule has 5 heteroatoms. The molecule has 3 nitrogen and oxygen atoms in total. The van der Waals surface area contributed by atoms with E-state index in [1.54, 1.807) is 11.3 Å². The lowest BCUT2D eigenvalue weighted by Crippen LogP contribution is -2.19. The van der Waals surface area contributed by atoms with E-state index in [9.17, 15) is 0 Å². The maximum atomic E-state index is 4.31. The summed E-state index contributed by atoms with van der Waals surface area (Å²) in [7, 11) is 7.30. The number of hydrogen-bond acceptors (Lipinski definition) is 4. The first-order valence-corrected chi connectivity index (χ1v) is 5.20. The van der Waals surface area contributed by atoms with Crippen LogP contribution in [0.4, 0.5) is 5.82 Å². The van der Waals surface area contributed by atoms with Crippen LogP contribution in [0.15, 0.2) is 11.4 Å². The smallest absolute Gasteiger partial charge is 0.149 e. The Morgan fingerprint density at radius 3 is 2.85 bits per heavy atom. The lowest BCUT2D eigenvalue weighted by Gasteiger charge is -2.12. The van der Waals surface area contributed by atoms with Crippen molar-refractivity contribution in [2.45, 2.75) is 0 Å². The third-order valence-corrected chi connectivity index (χ3v) is 2.83. The highest BCUT2D eigenvalue weighted by atomic mass is 32.1. The number of nitrogens with zero attached hydrogens (tertiary/aromatic N) is 3. The number of aromatic nitrogens is 2. The van der Waals surface area contributed by atoms with Gasteiger partial charge in [0.25, 0.3) is 0 Å². The minimum Gasteiger partial charge on any atom is -0.361 e. The standard InChI is InChI=1S/C8H8N3SSi/c1-11(2)7-6-5(3-4-12-6)9-8(13)10-7/h3-4H,1-2H3. The normalized spacial score (nSPS) is 10.7. The van der Waals surface area contributed by atoms with Crippen molar-refractivity contribution in [2.75, 3.05) is 19.0 Å². The minimum absolute atomic E-state index is 0.634. The molecule has 3 radical (unpaired) electrons. The average molecular weight is 206 g/mol. The third kappa shape index (κ3) is 1.44. The fourth-order valence-electron chi connectivity index (χ4n) is 1.15. The van der Waals surface area contributed by atoms with Crippen molar-refractivity contribution >= 4 is 43.1 Å². The van der Waals surface area contributed by atoms with Crippen LogP contribution >= 0.6 is 11.3 Å². The molecule has 0 aliphatic heterocycles. The van der Waals surface area contributed by atoms with Crippen LogP contribution in [0.2, 0.25) is 0 Å². The molecule has 2 aromatic heterocycles. The maximum Gasteiger partial charge on any atom is 0.149 e. The molecule has 2 heterocycles. The number of fused-ring (bicyclic) bond motifs is 1. The largest absolute Gasteiger partial charge is 0.361 e. The van der Waals surface area contributed by atoms with E-state index in [2.05, 4.69) is 20.2 Å². The van der Waals surface area contributed by atoms with Crippen LogP contribution in [0, 0.1) is 0 Å². The van der Waals surface area contributed by atoms with Crippen LogP contribution in [0.1, 0.15) is 0 Å². The molecule has 0 aromatic carbocycles. The molecular formula is C8H8N3SSi. The monoisotopic (exact) mass is 206 g/mol. The summed E-state index contributed by atoms with van der Waals surface area (Å²) in [5.74, 6) is 0.963. The molecule has 0 amide bonds. The van der Waals surface area contributed by atoms with Crippen molar-refractivity contribution in [3.63, 3.8) is 0 Å². The lowest BCUT2D eigenvalue weighted by atomic mass is 10.4. The summed E-state index contributed by atoms with van der Waals surface area (Å²) in [6, 6.07) is 2.00. The van der Waals surface area contributed by atoms with Crippen molar-refractivity contribution in [1.29, 1.82) is 0 Å². The van der Waals surface area contributed by atoms with Crippen LogP contribution in [0.3, 0.4) is 0 Å². The van der Waals surface area contributed by atoms with Gasteiger partial charge in [-0.05, 0) is 11.4 Å². The third-order valence-electron chi connectivity index (χ3n) is 1.71. The van der Waals surface area contributed by atoms with Crippen LogP contribution in [-0.2, 0) is 0 Å².